The first-order chi connectivity index (χ1) is 14.9. The number of rotatable bonds is 3. The predicted molar refractivity (Wildman–Crippen MR) is 106 cm³/mol. The van der Waals surface area contributed by atoms with Gasteiger partial charge in [-0.05, 0) is 36.4 Å². The fourth-order valence-electron chi connectivity index (χ4n) is 2.38. The lowest BCUT2D eigenvalue weighted by atomic mass is 10.7. The molecule has 0 saturated heterocycles. The van der Waals surface area contributed by atoms with Crippen LogP contribution >= 0.6 is 0 Å². The topological polar surface area (TPSA) is 107 Å². The second-order valence-electron chi connectivity index (χ2n) is 5.71. The Morgan fingerprint density at radius 3 is 0.667 bits per heavy atom. The highest BCUT2D eigenvalue weighted by atomic mass is 15.5. The maximum Gasteiger partial charge on any atom is 0.139 e. The van der Waals surface area contributed by atoms with Crippen molar-refractivity contribution in [3.05, 3.63) is 112 Å². The summed E-state index contributed by atoms with van der Waals surface area (Å²) in [5, 5.41) is 22.0. The Morgan fingerprint density at radius 1 is 0.267 bits per heavy atom. The second kappa shape index (κ2) is 9.45. The van der Waals surface area contributed by atoms with Gasteiger partial charge in [0.1, 0.15) is 38.0 Å². The second-order valence-corrected chi connectivity index (χ2v) is 5.71. The van der Waals surface area contributed by atoms with Gasteiger partial charge < -0.3 is 0 Å². The first-order valence-corrected chi connectivity index (χ1v) is 8.85. The molecule has 6 aromatic rings. The van der Waals surface area contributed by atoms with Crippen LogP contribution in [0.15, 0.2) is 112 Å². The molecule has 0 saturated carbocycles. The number of aromatic nitrogens is 12. The molecule has 0 aliphatic rings. The zero-order chi connectivity index (χ0) is 20.4. The van der Waals surface area contributed by atoms with Crippen LogP contribution in [-0.2, 0) is 0 Å². The number of nitrogens with zero attached hydrogens (tertiary/aromatic N) is 12. The summed E-state index contributed by atoms with van der Waals surface area (Å²) < 4.78 is 11.0. The Bertz CT molecular complexity index is 901. The normalized spacial score (nSPS) is 10.0. The van der Waals surface area contributed by atoms with E-state index < -0.39 is 0 Å². The van der Waals surface area contributed by atoms with Crippen LogP contribution in [0.1, 0.15) is 0 Å². The molecule has 0 spiro atoms. The lowest BCUT2D eigenvalue weighted by molar-refractivity contribution is 0.660. The van der Waals surface area contributed by atoms with Gasteiger partial charge in [0.25, 0.3) is 0 Å². The summed E-state index contributed by atoms with van der Waals surface area (Å²) in [4.78, 5) is 0. The quantitative estimate of drug-likeness (QED) is 0.440. The summed E-state index contributed by atoms with van der Waals surface area (Å²) in [5.41, 5.74) is 0. The standard InChI is InChI=1S/3C6H6N4/c3*1-2-4-9(3-1)10-5-7-8-6-10/h3*1-6H. The van der Waals surface area contributed by atoms with Gasteiger partial charge in [-0.2, -0.15) is 0 Å². The zero-order valence-corrected chi connectivity index (χ0v) is 15.8. The molecule has 0 aliphatic carbocycles. The van der Waals surface area contributed by atoms with Gasteiger partial charge in [-0.25, -0.2) is 14.0 Å². The molecule has 150 valence electrons. The fraction of sp³-hybridized carbons (Fsp3) is 0. The Kier molecular flexibility index (Phi) is 5.87. The lowest BCUT2D eigenvalue weighted by Crippen LogP contribution is -2.01. The summed E-state index contributed by atoms with van der Waals surface area (Å²) in [7, 11) is 0. The minimum absolute atomic E-state index is 1.64. The average molecular weight is 402 g/mol. The molecule has 12 nitrogen and oxygen atoms in total. The molecule has 0 atom stereocenters. The van der Waals surface area contributed by atoms with Crippen LogP contribution < -0.4 is 0 Å². The van der Waals surface area contributed by atoms with Crippen molar-refractivity contribution in [3.8, 4) is 0 Å². The molecule has 30 heavy (non-hydrogen) atoms. The van der Waals surface area contributed by atoms with Crippen molar-refractivity contribution in [1.82, 2.24) is 58.6 Å². The first kappa shape index (κ1) is 18.6. The van der Waals surface area contributed by atoms with E-state index in [2.05, 4.69) is 30.6 Å². The van der Waals surface area contributed by atoms with Gasteiger partial charge in [-0.15, -0.1) is 30.6 Å². The Morgan fingerprint density at radius 2 is 0.467 bits per heavy atom. The summed E-state index contributed by atoms with van der Waals surface area (Å²) in [6, 6.07) is 11.7. The van der Waals surface area contributed by atoms with Gasteiger partial charge in [0, 0.05) is 37.2 Å². The molecule has 0 bridgehead atoms. The number of hydrogen-bond acceptors (Lipinski definition) is 6. The molecule has 0 N–H and O–H groups in total. The van der Waals surface area contributed by atoms with Gasteiger partial charge in [0.05, 0.1) is 0 Å². The van der Waals surface area contributed by atoms with Gasteiger partial charge >= 0.3 is 0 Å². The highest BCUT2D eigenvalue weighted by Crippen LogP contribution is 1.91. The molecular formula is C18H18N12. The van der Waals surface area contributed by atoms with Crippen LogP contribution in [-0.4, -0.2) is 58.6 Å². The Hall–Kier alpha value is -4.74. The Balaban J connectivity index is 0.000000109. The van der Waals surface area contributed by atoms with E-state index in [0.29, 0.717) is 0 Å². The SMILES string of the molecule is c1ccn(-n2cnnc2)c1.c1ccn(-n2cnnc2)c1.c1ccn(-n2cnnc2)c1. The monoisotopic (exact) mass is 402 g/mol. The van der Waals surface area contributed by atoms with E-state index >= 15 is 0 Å². The molecule has 0 aliphatic heterocycles. The van der Waals surface area contributed by atoms with Gasteiger partial charge in [0.15, 0.2) is 0 Å². The highest BCUT2D eigenvalue weighted by Gasteiger charge is 1.89. The van der Waals surface area contributed by atoms with E-state index in [1.54, 1.807) is 52.0 Å². The van der Waals surface area contributed by atoms with E-state index in [4.69, 9.17) is 0 Å². The van der Waals surface area contributed by atoms with Crippen molar-refractivity contribution in [1.29, 1.82) is 0 Å². The van der Waals surface area contributed by atoms with Gasteiger partial charge in [-0.1, -0.05) is 0 Å². The van der Waals surface area contributed by atoms with Crippen LogP contribution in [0, 0.1) is 0 Å². The number of hydrogen-bond donors (Lipinski definition) is 0. The summed E-state index contributed by atoms with van der Waals surface area (Å²) >= 11 is 0. The van der Waals surface area contributed by atoms with E-state index in [-0.39, 0.29) is 0 Å². The van der Waals surface area contributed by atoms with Crippen molar-refractivity contribution >= 4 is 0 Å². The van der Waals surface area contributed by atoms with E-state index in [1.165, 1.54) is 0 Å². The van der Waals surface area contributed by atoms with Crippen molar-refractivity contribution < 1.29 is 0 Å². The lowest BCUT2D eigenvalue weighted by Gasteiger charge is -1.98. The molecule has 6 aromatic heterocycles. The molecular weight excluding hydrogens is 384 g/mol. The van der Waals surface area contributed by atoms with Crippen molar-refractivity contribution in [2.24, 2.45) is 0 Å². The van der Waals surface area contributed by atoms with Crippen molar-refractivity contribution in [3.63, 3.8) is 0 Å². The van der Waals surface area contributed by atoms with Crippen LogP contribution in [0.4, 0.5) is 0 Å². The molecule has 0 amide bonds. The minimum atomic E-state index is 1.64. The minimum Gasteiger partial charge on any atom is -0.262 e. The van der Waals surface area contributed by atoms with Gasteiger partial charge in [0.2, 0.25) is 0 Å². The fourth-order valence-corrected chi connectivity index (χ4v) is 2.38. The first-order valence-electron chi connectivity index (χ1n) is 8.85. The third kappa shape index (κ3) is 4.75. The average Bonchev–Trinajstić information content (AvgIpc) is 3.66. The molecule has 0 unspecified atom stereocenters. The van der Waals surface area contributed by atoms with Crippen LogP contribution in [0.2, 0.25) is 0 Å². The third-order valence-corrected chi connectivity index (χ3v) is 3.79. The van der Waals surface area contributed by atoms with Crippen LogP contribution in [0.25, 0.3) is 0 Å². The largest absolute Gasteiger partial charge is 0.262 e. The molecule has 6 rings (SSSR count). The zero-order valence-electron chi connectivity index (χ0n) is 15.8. The summed E-state index contributed by atoms with van der Waals surface area (Å²) in [6.07, 6.45) is 21.4. The summed E-state index contributed by atoms with van der Waals surface area (Å²) in [6.45, 7) is 0. The third-order valence-electron chi connectivity index (χ3n) is 3.79. The maximum atomic E-state index is 3.67. The van der Waals surface area contributed by atoms with Crippen molar-refractivity contribution in [2.45, 2.75) is 0 Å². The molecule has 0 fully saturated rings. The van der Waals surface area contributed by atoms with Crippen molar-refractivity contribution in [2.75, 3.05) is 0 Å². The van der Waals surface area contributed by atoms with E-state index in [1.807, 2.05) is 87.6 Å². The predicted octanol–water partition coefficient (Wildman–Crippen LogP) is 1.17. The summed E-state index contributed by atoms with van der Waals surface area (Å²) in [5.74, 6) is 0. The molecule has 6 heterocycles. The molecule has 0 aromatic carbocycles. The Labute approximate surface area is 170 Å². The van der Waals surface area contributed by atoms with Crippen LogP contribution in [0.3, 0.4) is 0 Å². The molecule has 12 heteroatoms. The maximum absolute atomic E-state index is 3.67. The smallest absolute Gasteiger partial charge is 0.139 e. The molecule has 0 radical (unpaired) electrons. The van der Waals surface area contributed by atoms with Gasteiger partial charge in [-0.3, -0.25) is 14.0 Å². The van der Waals surface area contributed by atoms with E-state index in [9.17, 15) is 0 Å². The van der Waals surface area contributed by atoms with Crippen LogP contribution in [0.5, 0.6) is 0 Å². The van der Waals surface area contributed by atoms with E-state index in [0.717, 1.165) is 0 Å². The highest BCUT2D eigenvalue weighted by molar-refractivity contribution is 4.92.